The number of nitrogens with zero attached hydrogens (tertiary/aromatic N) is 1. The molecule has 3 N–H and O–H groups in total. The van der Waals surface area contributed by atoms with Gasteiger partial charge in [-0.2, -0.15) is 0 Å². The molecule has 25 heavy (non-hydrogen) atoms. The molecule has 0 aliphatic rings. The Balaban J connectivity index is 1.94. The minimum Gasteiger partial charge on any atom is -0.491 e. The number of aromatic nitrogens is 1. The van der Waals surface area contributed by atoms with E-state index < -0.39 is 5.97 Å². The first kappa shape index (κ1) is 17.0. The fraction of sp³-hybridized carbons (Fsp3) is 0.211. The van der Waals surface area contributed by atoms with Crippen LogP contribution in [0.25, 0.3) is 10.9 Å². The highest BCUT2D eigenvalue weighted by atomic mass is 16.6. The Hall–Kier alpha value is -2.83. The largest absolute Gasteiger partial charge is 0.491 e. The van der Waals surface area contributed by atoms with Gasteiger partial charge in [-0.3, -0.25) is 4.79 Å². The van der Waals surface area contributed by atoms with Gasteiger partial charge in [0.05, 0.1) is 12.5 Å². The molecule has 0 saturated heterocycles. The van der Waals surface area contributed by atoms with Gasteiger partial charge in [-0.15, -0.1) is 0 Å². The maximum absolute atomic E-state index is 11.4. The van der Waals surface area contributed by atoms with Crippen molar-refractivity contribution in [2.75, 3.05) is 13.2 Å². The summed E-state index contributed by atoms with van der Waals surface area (Å²) in [4.78, 5) is 15.8. The Bertz CT molecular complexity index is 845. The average Bonchev–Trinajstić information content (AvgIpc) is 3.03. The lowest BCUT2D eigenvalue weighted by Crippen LogP contribution is -2.14. The van der Waals surface area contributed by atoms with Gasteiger partial charge in [0.2, 0.25) is 0 Å². The highest BCUT2D eigenvalue weighted by Gasteiger charge is 2.19. The first-order valence-electron chi connectivity index (χ1n) is 8.01. The smallest absolute Gasteiger partial charge is 0.305 e. The minimum absolute atomic E-state index is 0.0138. The average molecular weight is 340 g/mol. The molecule has 6 heteroatoms. The highest BCUT2D eigenvalue weighted by Crippen LogP contribution is 2.29. The van der Waals surface area contributed by atoms with Crippen molar-refractivity contribution in [2.24, 2.45) is 5.90 Å². The van der Waals surface area contributed by atoms with Crippen molar-refractivity contribution < 1.29 is 19.5 Å². The second-order valence-corrected chi connectivity index (χ2v) is 5.69. The molecule has 1 heterocycles. The molecule has 0 saturated carbocycles. The normalized spacial score (nSPS) is 12.2. The number of fused-ring (bicyclic) bond motifs is 1. The highest BCUT2D eigenvalue weighted by molar-refractivity contribution is 5.82. The van der Waals surface area contributed by atoms with Crippen LogP contribution >= 0.6 is 0 Å². The molecule has 0 spiro atoms. The van der Waals surface area contributed by atoms with E-state index in [1.165, 1.54) is 0 Å². The van der Waals surface area contributed by atoms with E-state index in [2.05, 4.69) is 4.84 Å². The van der Waals surface area contributed by atoms with Gasteiger partial charge in [-0.1, -0.05) is 30.3 Å². The molecular weight excluding hydrogens is 320 g/mol. The monoisotopic (exact) mass is 340 g/mol. The van der Waals surface area contributed by atoms with Crippen LogP contribution in [0.15, 0.2) is 60.8 Å². The maximum Gasteiger partial charge on any atom is 0.305 e. The number of aliphatic carboxylic acids is 1. The van der Waals surface area contributed by atoms with Crippen molar-refractivity contribution in [1.29, 1.82) is 0 Å². The van der Waals surface area contributed by atoms with Crippen LogP contribution in [0.4, 0.5) is 0 Å². The van der Waals surface area contributed by atoms with Crippen molar-refractivity contribution in [3.63, 3.8) is 0 Å². The van der Waals surface area contributed by atoms with E-state index >= 15 is 0 Å². The number of ether oxygens (including phenoxy) is 1. The molecule has 0 aliphatic carbocycles. The molecule has 3 rings (SSSR count). The van der Waals surface area contributed by atoms with Crippen molar-refractivity contribution in [3.8, 4) is 5.75 Å². The Kier molecular flexibility index (Phi) is 5.33. The van der Waals surface area contributed by atoms with E-state index in [1.807, 2.05) is 65.4 Å². The van der Waals surface area contributed by atoms with E-state index in [4.69, 9.17) is 10.6 Å². The third kappa shape index (κ3) is 3.99. The van der Waals surface area contributed by atoms with Crippen LogP contribution in [0.2, 0.25) is 0 Å². The first-order chi connectivity index (χ1) is 12.2. The molecule has 0 radical (unpaired) electrons. The minimum atomic E-state index is -0.836. The number of rotatable bonds is 8. The van der Waals surface area contributed by atoms with Crippen LogP contribution in [0.5, 0.6) is 5.75 Å². The first-order valence-corrected chi connectivity index (χ1v) is 8.01. The van der Waals surface area contributed by atoms with Crippen LogP contribution in [-0.2, 0) is 9.63 Å². The van der Waals surface area contributed by atoms with Gasteiger partial charge >= 0.3 is 5.97 Å². The molecule has 0 fully saturated rings. The number of benzene rings is 2. The second-order valence-electron chi connectivity index (χ2n) is 5.69. The van der Waals surface area contributed by atoms with Crippen molar-refractivity contribution in [2.45, 2.75) is 12.5 Å². The molecule has 6 nitrogen and oxygen atoms in total. The van der Waals surface area contributed by atoms with Gasteiger partial charge in [0, 0.05) is 17.1 Å². The number of carboxylic acids is 1. The zero-order chi connectivity index (χ0) is 17.6. The molecule has 3 aromatic rings. The molecule has 0 amide bonds. The van der Waals surface area contributed by atoms with E-state index in [-0.39, 0.29) is 12.5 Å². The van der Waals surface area contributed by atoms with Gasteiger partial charge in [0.15, 0.2) is 0 Å². The molecular formula is C19H20N2O4. The summed E-state index contributed by atoms with van der Waals surface area (Å²) in [5.74, 6) is 4.87. The molecule has 1 atom stereocenters. The molecule has 1 aromatic heterocycles. The van der Waals surface area contributed by atoms with Crippen LogP contribution in [0.1, 0.15) is 18.0 Å². The fourth-order valence-electron chi connectivity index (χ4n) is 2.93. The summed E-state index contributed by atoms with van der Waals surface area (Å²) < 4.78 is 7.56. The summed E-state index contributed by atoms with van der Waals surface area (Å²) in [6, 6.07) is 17.1. The van der Waals surface area contributed by atoms with Gasteiger partial charge in [-0.25, -0.2) is 5.90 Å². The number of hydrogen-bond donors (Lipinski definition) is 2. The summed E-state index contributed by atoms with van der Waals surface area (Å²) in [6.45, 7) is 0.683. The van der Waals surface area contributed by atoms with Crippen LogP contribution in [-0.4, -0.2) is 28.9 Å². The zero-order valence-electron chi connectivity index (χ0n) is 13.7. The quantitative estimate of drug-likeness (QED) is 0.486. The predicted octanol–water partition coefficient (Wildman–Crippen LogP) is 2.97. The van der Waals surface area contributed by atoms with E-state index in [9.17, 15) is 9.90 Å². The SMILES string of the molecule is NOCCOc1ccc2c(ccn2C(CC(=O)O)c2ccccc2)c1. The van der Waals surface area contributed by atoms with Crippen molar-refractivity contribution in [3.05, 3.63) is 66.4 Å². The van der Waals surface area contributed by atoms with Gasteiger partial charge in [-0.05, 0) is 29.8 Å². The summed E-state index contributed by atoms with van der Waals surface area (Å²) >= 11 is 0. The zero-order valence-corrected chi connectivity index (χ0v) is 13.7. The van der Waals surface area contributed by atoms with Crippen molar-refractivity contribution in [1.82, 2.24) is 4.57 Å². The number of hydrogen-bond acceptors (Lipinski definition) is 4. The maximum atomic E-state index is 11.4. The molecule has 0 bridgehead atoms. The van der Waals surface area contributed by atoms with Crippen LogP contribution in [0.3, 0.4) is 0 Å². The lowest BCUT2D eigenvalue weighted by atomic mass is 10.0. The topological polar surface area (TPSA) is 86.7 Å². The molecule has 130 valence electrons. The fourth-order valence-corrected chi connectivity index (χ4v) is 2.93. The van der Waals surface area contributed by atoms with Gasteiger partial charge in [0.25, 0.3) is 0 Å². The standard InChI is InChI=1S/C19H20N2O4/c20-25-11-10-24-16-6-7-17-15(12-16)8-9-21(17)18(13-19(22)23)14-4-2-1-3-5-14/h1-9,12,18H,10-11,13,20H2,(H,22,23). The van der Waals surface area contributed by atoms with Gasteiger partial charge in [0.1, 0.15) is 19.0 Å². The molecule has 0 aliphatic heterocycles. The summed E-state index contributed by atoms with van der Waals surface area (Å²) in [5, 5.41) is 10.3. The van der Waals surface area contributed by atoms with Crippen molar-refractivity contribution >= 4 is 16.9 Å². The summed E-state index contributed by atoms with van der Waals surface area (Å²) in [6.07, 6.45) is 1.93. The lowest BCUT2D eigenvalue weighted by Gasteiger charge is -2.19. The van der Waals surface area contributed by atoms with Gasteiger partial charge < -0.3 is 19.2 Å². The summed E-state index contributed by atoms with van der Waals surface area (Å²) in [7, 11) is 0. The Morgan fingerprint density at radius 1 is 1.12 bits per heavy atom. The predicted molar refractivity (Wildman–Crippen MR) is 94.4 cm³/mol. The Morgan fingerprint density at radius 3 is 2.64 bits per heavy atom. The van der Waals surface area contributed by atoms with Crippen LogP contribution < -0.4 is 10.6 Å². The lowest BCUT2D eigenvalue weighted by molar-refractivity contribution is -0.137. The molecule has 1 unspecified atom stereocenters. The Labute approximate surface area is 145 Å². The second kappa shape index (κ2) is 7.83. The van der Waals surface area contributed by atoms with E-state index in [0.717, 1.165) is 22.2 Å². The number of nitrogens with two attached hydrogens (primary N) is 1. The number of carbonyl (C=O) groups is 1. The molecule has 2 aromatic carbocycles. The Morgan fingerprint density at radius 2 is 1.92 bits per heavy atom. The third-order valence-electron chi connectivity index (χ3n) is 4.05. The summed E-state index contributed by atoms with van der Waals surface area (Å²) in [5.41, 5.74) is 1.92. The van der Waals surface area contributed by atoms with E-state index in [1.54, 1.807) is 0 Å². The van der Waals surface area contributed by atoms with E-state index in [0.29, 0.717) is 13.2 Å². The number of carboxylic acid groups (broad SMARTS) is 1. The van der Waals surface area contributed by atoms with Crippen LogP contribution in [0, 0.1) is 0 Å². The third-order valence-corrected chi connectivity index (χ3v) is 4.05.